The molecule has 0 aromatic heterocycles. The smallest absolute Gasteiger partial charge is 0.277 e. The molecule has 0 unspecified atom stereocenters. The minimum Gasteiger partial charge on any atom is -0.484 e. The van der Waals surface area contributed by atoms with Crippen LogP contribution in [0.15, 0.2) is 53.6 Å². The van der Waals surface area contributed by atoms with Gasteiger partial charge >= 0.3 is 0 Å². The highest BCUT2D eigenvalue weighted by Crippen LogP contribution is 2.14. The highest BCUT2D eigenvalue weighted by molar-refractivity contribution is 5.99. The zero-order valence-electron chi connectivity index (χ0n) is 13.4. The first kappa shape index (κ1) is 17.1. The van der Waals surface area contributed by atoms with Gasteiger partial charge in [0.05, 0.1) is 10.6 Å². The third-order valence-electron chi connectivity index (χ3n) is 3.18. The molecule has 1 amide bonds. The van der Waals surface area contributed by atoms with Gasteiger partial charge in [-0.2, -0.15) is 5.10 Å². The van der Waals surface area contributed by atoms with Gasteiger partial charge in [-0.1, -0.05) is 24.3 Å². The molecule has 7 heteroatoms. The molecule has 0 saturated heterocycles. The van der Waals surface area contributed by atoms with E-state index in [1.807, 2.05) is 25.1 Å². The molecule has 1 N–H and O–H groups in total. The fourth-order valence-electron chi connectivity index (χ4n) is 1.94. The fraction of sp³-hybridized carbons (Fsp3) is 0.176. The Morgan fingerprint density at radius 1 is 1.25 bits per heavy atom. The number of hydrogen-bond acceptors (Lipinski definition) is 5. The topological polar surface area (TPSA) is 93.8 Å². The van der Waals surface area contributed by atoms with Crippen LogP contribution in [-0.2, 0) is 4.79 Å². The van der Waals surface area contributed by atoms with Gasteiger partial charge in [-0.3, -0.25) is 14.9 Å². The number of hydrazone groups is 1. The average Bonchev–Trinajstić information content (AvgIpc) is 2.58. The Bertz CT molecular complexity index is 787. The number of benzene rings is 2. The quantitative estimate of drug-likeness (QED) is 0.501. The molecule has 124 valence electrons. The first-order valence-electron chi connectivity index (χ1n) is 7.23. The maximum absolute atomic E-state index is 11.8. The summed E-state index contributed by atoms with van der Waals surface area (Å²) in [6.07, 6.45) is 0. The van der Waals surface area contributed by atoms with E-state index < -0.39 is 10.8 Å². The summed E-state index contributed by atoms with van der Waals surface area (Å²) in [6.45, 7) is 3.41. The van der Waals surface area contributed by atoms with Crippen LogP contribution in [-0.4, -0.2) is 23.1 Å². The van der Waals surface area contributed by atoms with Gasteiger partial charge in [-0.25, -0.2) is 5.43 Å². The van der Waals surface area contributed by atoms with Crippen molar-refractivity contribution in [2.75, 3.05) is 6.61 Å². The van der Waals surface area contributed by atoms with E-state index in [1.165, 1.54) is 12.1 Å². The third kappa shape index (κ3) is 4.91. The number of non-ortho nitro benzene ring substituents is 1. The molecule has 0 aliphatic rings. The number of carbonyl (C=O) groups excluding carboxylic acids is 1. The van der Waals surface area contributed by atoms with E-state index in [1.54, 1.807) is 25.1 Å². The van der Waals surface area contributed by atoms with Crippen LogP contribution in [0.5, 0.6) is 5.75 Å². The molecule has 0 bridgehead atoms. The van der Waals surface area contributed by atoms with E-state index in [0.29, 0.717) is 17.0 Å². The Balaban J connectivity index is 1.93. The van der Waals surface area contributed by atoms with Gasteiger partial charge in [-0.15, -0.1) is 0 Å². The molecule has 0 fully saturated rings. The molecule has 0 saturated carbocycles. The minimum absolute atomic E-state index is 0.0313. The van der Waals surface area contributed by atoms with E-state index in [4.69, 9.17) is 4.74 Å². The molecule has 7 nitrogen and oxygen atoms in total. The summed E-state index contributed by atoms with van der Waals surface area (Å²) < 4.78 is 5.37. The second-order valence-corrected chi connectivity index (χ2v) is 5.14. The Morgan fingerprint density at radius 2 is 2.00 bits per heavy atom. The number of nitrogens with zero attached hydrogens (tertiary/aromatic N) is 2. The number of rotatable bonds is 6. The van der Waals surface area contributed by atoms with Crippen molar-refractivity contribution in [2.45, 2.75) is 13.8 Å². The lowest BCUT2D eigenvalue weighted by Crippen LogP contribution is -2.25. The van der Waals surface area contributed by atoms with Gasteiger partial charge in [0.25, 0.3) is 11.6 Å². The molecule has 24 heavy (non-hydrogen) atoms. The lowest BCUT2D eigenvalue weighted by Gasteiger charge is -2.06. The molecular formula is C17H17N3O4. The lowest BCUT2D eigenvalue weighted by atomic mass is 10.1. The first-order valence-corrected chi connectivity index (χ1v) is 7.23. The summed E-state index contributed by atoms with van der Waals surface area (Å²) in [5.74, 6) is 0.186. The van der Waals surface area contributed by atoms with Crippen LogP contribution >= 0.6 is 0 Å². The number of nitro benzene ring substituents is 1. The molecule has 2 aromatic rings. The number of carbonyl (C=O) groups is 1. The number of amides is 1. The van der Waals surface area contributed by atoms with Crippen molar-refractivity contribution in [2.24, 2.45) is 5.10 Å². The van der Waals surface area contributed by atoms with Gasteiger partial charge in [0, 0.05) is 17.7 Å². The van der Waals surface area contributed by atoms with Crippen LogP contribution in [0, 0.1) is 17.0 Å². The van der Waals surface area contributed by atoms with E-state index in [-0.39, 0.29) is 12.3 Å². The van der Waals surface area contributed by atoms with Gasteiger partial charge in [0.15, 0.2) is 6.61 Å². The standard InChI is InChI=1S/C17H17N3O4/c1-12-5-3-8-16(9-12)24-11-17(21)19-18-13(2)14-6-4-7-15(10-14)20(22)23/h3-10H,11H2,1-2H3,(H,19,21)/b18-13+. The summed E-state index contributed by atoms with van der Waals surface area (Å²) in [5, 5.41) is 14.7. The van der Waals surface area contributed by atoms with Gasteiger partial charge in [-0.05, 0) is 31.5 Å². The second-order valence-electron chi connectivity index (χ2n) is 5.14. The Labute approximate surface area is 139 Å². The molecule has 0 aliphatic carbocycles. The highest BCUT2D eigenvalue weighted by Gasteiger charge is 2.08. The molecule has 2 rings (SSSR count). The van der Waals surface area contributed by atoms with Crippen molar-refractivity contribution in [3.63, 3.8) is 0 Å². The van der Waals surface area contributed by atoms with E-state index >= 15 is 0 Å². The first-order chi connectivity index (χ1) is 11.5. The summed E-state index contributed by atoms with van der Waals surface area (Å²) in [6, 6.07) is 13.4. The monoisotopic (exact) mass is 327 g/mol. The maximum Gasteiger partial charge on any atom is 0.277 e. The van der Waals surface area contributed by atoms with E-state index in [0.717, 1.165) is 5.56 Å². The average molecular weight is 327 g/mol. The summed E-state index contributed by atoms with van der Waals surface area (Å²) in [5.41, 5.74) is 4.39. The number of aryl methyl sites for hydroxylation is 1. The van der Waals surface area contributed by atoms with E-state index in [9.17, 15) is 14.9 Å². The van der Waals surface area contributed by atoms with E-state index in [2.05, 4.69) is 10.5 Å². The summed E-state index contributed by atoms with van der Waals surface area (Å²) in [4.78, 5) is 22.0. The highest BCUT2D eigenvalue weighted by atomic mass is 16.6. The Hall–Kier alpha value is -3.22. The van der Waals surface area contributed by atoms with Crippen molar-refractivity contribution in [3.8, 4) is 5.75 Å². The number of hydrogen-bond donors (Lipinski definition) is 1. The molecule has 0 spiro atoms. The minimum atomic E-state index is -0.481. The van der Waals surface area contributed by atoms with Crippen LogP contribution in [0.2, 0.25) is 0 Å². The zero-order valence-corrected chi connectivity index (χ0v) is 13.4. The lowest BCUT2D eigenvalue weighted by molar-refractivity contribution is -0.384. The number of nitrogens with one attached hydrogen (secondary N) is 1. The predicted molar refractivity (Wildman–Crippen MR) is 90.1 cm³/mol. The molecule has 0 heterocycles. The summed E-state index contributed by atoms with van der Waals surface area (Å²) >= 11 is 0. The maximum atomic E-state index is 11.8. The number of ether oxygens (including phenoxy) is 1. The van der Waals surface area contributed by atoms with Gasteiger partial charge in [0.1, 0.15) is 5.75 Å². The zero-order chi connectivity index (χ0) is 17.5. The van der Waals surface area contributed by atoms with Crippen molar-refractivity contribution in [3.05, 3.63) is 69.8 Å². The van der Waals surface area contributed by atoms with Crippen LogP contribution < -0.4 is 10.2 Å². The molecule has 0 atom stereocenters. The SMILES string of the molecule is C/C(=N\NC(=O)COc1cccc(C)c1)c1cccc([N+](=O)[O-])c1. The molecule has 0 radical (unpaired) electrons. The predicted octanol–water partition coefficient (Wildman–Crippen LogP) is 2.82. The third-order valence-corrected chi connectivity index (χ3v) is 3.18. The Morgan fingerprint density at radius 3 is 2.71 bits per heavy atom. The van der Waals surface area contributed by atoms with Gasteiger partial charge in [0.2, 0.25) is 0 Å². The fourth-order valence-corrected chi connectivity index (χ4v) is 1.94. The van der Waals surface area contributed by atoms with Gasteiger partial charge < -0.3 is 4.74 Å². The molecular weight excluding hydrogens is 310 g/mol. The normalized spacial score (nSPS) is 11.0. The van der Waals surface area contributed by atoms with Crippen molar-refractivity contribution in [1.82, 2.24) is 5.43 Å². The molecule has 2 aromatic carbocycles. The van der Waals surface area contributed by atoms with Crippen LogP contribution in [0.3, 0.4) is 0 Å². The van der Waals surface area contributed by atoms with Crippen LogP contribution in [0.25, 0.3) is 0 Å². The van der Waals surface area contributed by atoms with Crippen molar-refractivity contribution < 1.29 is 14.5 Å². The second kappa shape index (κ2) is 7.87. The van der Waals surface area contributed by atoms with Crippen LogP contribution in [0.4, 0.5) is 5.69 Å². The van der Waals surface area contributed by atoms with Crippen LogP contribution in [0.1, 0.15) is 18.1 Å². The Kier molecular flexibility index (Phi) is 5.62. The van der Waals surface area contributed by atoms with Crippen molar-refractivity contribution in [1.29, 1.82) is 0 Å². The van der Waals surface area contributed by atoms with Crippen molar-refractivity contribution >= 4 is 17.3 Å². The summed E-state index contributed by atoms with van der Waals surface area (Å²) in [7, 11) is 0. The molecule has 0 aliphatic heterocycles. The largest absolute Gasteiger partial charge is 0.484 e. The number of nitro groups is 1.